The number of nitrogens with zero attached hydrogens (tertiary/aromatic N) is 4. The topological polar surface area (TPSA) is 82.8 Å². The van der Waals surface area contributed by atoms with E-state index in [4.69, 9.17) is 10.2 Å². The summed E-state index contributed by atoms with van der Waals surface area (Å²) in [6.45, 7) is 0.292. The second-order valence-electron chi connectivity index (χ2n) is 2.54. The first-order valence-electron chi connectivity index (χ1n) is 3.81. The number of oxazole rings is 1. The van der Waals surface area contributed by atoms with Crippen LogP contribution >= 0.6 is 0 Å². The van der Waals surface area contributed by atoms with E-state index in [1.54, 1.807) is 19.4 Å². The lowest BCUT2D eigenvalue weighted by atomic mass is 10.4. The molecule has 68 valence electrons. The lowest BCUT2D eigenvalue weighted by molar-refractivity contribution is 0.507. The molecule has 0 aliphatic heterocycles. The summed E-state index contributed by atoms with van der Waals surface area (Å²) in [4.78, 5) is 5.41. The van der Waals surface area contributed by atoms with E-state index in [0.717, 1.165) is 0 Å². The van der Waals surface area contributed by atoms with Crippen molar-refractivity contribution in [2.24, 2.45) is 12.8 Å². The molecule has 0 saturated carbocycles. The van der Waals surface area contributed by atoms with Crippen molar-refractivity contribution in [3.8, 4) is 11.5 Å². The zero-order valence-electron chi connectivity index (χ0n) is 7.14. The standard InChI is InChI=1S/C7H9N5O/c1-12-10-3-5(11-12)6-4-9-7(2-8)13-6/h3-4H,2,8H2,1H3. The fraction of sp³-hybridized carbons (Fsp3) is 0.286. The predicted octanol–water partition coefficient (Wildman–Crippen LogP) is -0.0712. The SMILES string of the molecule is Cn1ncc(-c2cnc(CN)o2)n1. The molecule has 0 aliphatic rings. The van der Waals surface area contributed by atoms with E-state index in [1.165, 1.54) is 4.80 Å². The summed E-state index contributed by atoms with van der Waals surface area (Å²) >= 11 is 0. The molecule has 0 amide bonds. The maximum atomic E-state index is 5.35. The fourth-order valence-electron chi connectivity index (χ4n) is 0.982. The lowest BCUT2D eigenvalue weighted by Crippen LogP contribution is -1.94. The Balaban J connectivity index is 2.35. The maximum Gasteiger partial charge on any atom is 0.208 e. The molecule has 0 aromatic carbocycles. The van der Waals surface area contributed by atoms with Crippen LogP contribution in [0.1, 0.15) is 5.89 Å². The van der Waals surface area contributed by atoms with Gasteiger partial charge in [-0.05, 0) is 0 Å². The van der Waals surface area contributed by atoms with Gasteiger partial charge in [-0.1, -0.05) is 0 Å². The van der Waals surface area contributed by atoms with Crippen molar-refractivity contribution < 1.29 is 4.42 Å². The molecule has 0 aliphatic carbocycles. The summed E-state index contributed by atoms with van der Waals surface area (Å²) in [5, 5.41) is 7.97. The number of nitrogens with two attached hydrogens (primary N) is 1. The van der Waals surface area contributed by atoms with Crippen molar-refractivity contribution in [3.05, 3.63) is 18.3 Å². The predicted molar refractivity (Wildman–Crippen MR) is 44.4 cm³/mol. The van der Waals surface area contributed by atoms with Gasteiger partial charge in [0.25, 0.3) is 0 Å². The van der Waals surface area contributed by atoms with Crippen molar-refractivity contribution in [3.63, 3.8) is 0 Å². The van der Waals surface area contributed by atoms with Crippen LogP contribution in [-0.4, -0.2) is 20.0 Å². The Hall–Kier alpha value is -1.69. The van der Waals surface area contributed by atoms with E-state index in [0.29, 0.717) is 23.9 Å². The molecule has 0 fully saturated rings. The first kappa shape index (κ1) is 7.93. The van der Waals surface area contributed by atoms with Crippen molar-refractivity contribution in [2.75, 3.05) is 0 Å². The number of aryl methyl sites for hydroxylation is 1. The summed E-state index contributed by atoms with van der Waals surface area (Å²) in [5.41, 5.74) is 6.01. The average Bonchev–Trinajstić information content (AvgIpc) is 2.71. The average molecular weight is 179 g/mol. The van der Waals surface area contributed by atoms with Crippen LogP contribution in [0.5, 0.6) is 0 Å². The van der Waals surface area contributed by atoms with Crippen LogP contribution in [0.2, 0.25) is 0 Å². The quantitative estimate of drug-likeness (QED) is 0.697. The van der Waals surface area contributed by atoms with Gasteiger partial charge in [0, 0.05) is 7.05 Å². The smallest absolute Gasteiger partial charge is 0.208 e. The minimum Gasteiger partial charge on any atom is -0.438 e. The van der Waals surface area contributed by atoms with E-state index in [1.807, 2.05) is 0 Å². The summed E-state index contributed by atoms with van der Waals surface area (Å²) in [7, 11) is 1.74. The fourth-order valence-corrected chi connectivity index (χ4v) is 0.982. The summed E-state index contributed by atoms with van der Waals surface area (Å²) < 4.78 is 5.28. The molecule has 2 N–H and O–H groups in total. The Bertz CT molecular complexity index is 404. The van der Waals surface area contributed by atoms with Crippen LogP contribution in [0.25, 0.3) is 11.5 Å². The Morgan fingerprint density at radius 2 is 2.38 bits per heavy atom. The minimum absolute atomic E-state index is 0.292. The number of rotatable bonds is 2. The van der Waals surface area contributed by atoms with Gasteiger partial charge >= 0.3 is 0 Å². The largest absolute Gasteiger partial charge is 0.438 e. The van der Waals surface area contributed by atoms with Gasteiger partial charge in [0.2, 0.25) is 5.89 Å². The third-order valence-corrected chi connectivity index (χ3v) is 1.58. The van der Waals surface area contributed by atoms with Gasteiger partial charge in [-0.15, -0.1) is 0 Å². The normalized spacial score (nSPS) is 10.6. The van der Waals surface area contributed by atoms with Crippen LogP contribution in [0.15, 0.2) is 16.8 Å². The molecule has 0 saturated heterocycles. The van der Waals surface area contributed by atoms with Gasteiger partial charge in [0.05, 0.1) is 18.9 Å². The van der Waals surface area contributed by atoms with Crippen molar-refractivity contribution in [2.45, 2.75) is 6.54 Å². The second-order valence-corrected chi connectivity index (χ2v) is 2.54. The van der Waals surface area contributed by atoms with Gasteiger partial charge < -0.3 is 10.2 Å². The minimum atomic E-state index is 0.292. The summed E-state index contributed by atoms with van der Waals surface area (Å²) in [6, 6.07) is 0. The Labute approximate surface area is 74.4 Å². The third kappa shape index (κ3) is 1.43. The molecule has 13 heavy (non-hydrogen) atoms. The highest BCUT2D eigenvalue weighted by molar-refractivity contribution is 5.47. The molecule has 0 spiro atoms. The van der Waals surface area contributed by atoms with Crippen LogP contribution in [0.3, 0.4) is 0 Å². The number of hydrogen-bond donors (Lipinski definition) is 1. The van der Waals surface area contributed by atoms with Gasteiger partial charge in [-0.3, -0.25) is 0 Å². The van der Waals surface area contributed by atoms with E-state index in [9.17, 15) is 0 Å². The molecule has 2 aromatic heterocycles. The molecule has 6 heteroatoms. The highest BCUT2D eigenvalue weighted by Crippen LogP contribution is 2.15. The van der Waals surface area contributed by atoms with Crippen LogP contribution in [0.4, 0.5) is 0 Å². The molecule has 0 unspecified atom stereocenters. The Kier molecular flexibility index (Phi) is 1.82. The highest BCUT2D eigenvalue weighted by atomic mass is 16.4. The van der Waals surface area contributed by atoms with Crippen LogP contribution in [-0.2, 0) is 13.6 Å². The molecular formula is C7H9N5O. The molecule has 0 bridgehead atoms. The van der Waals surface area contributed by atoms with Gasteiger partial charge in [0.15, 0.2) is 5.76 Å². The lowest BCUT2D eigenvalue weighted by Gasteiger charge is -1.86. The van der Waals surface area contributed by atoms with E-state index < -0.39 is 0 Å². The molecule has 6 nitrogen and oxygen atoms in total. The zero-order valence-corrected chi connectivity index (χ0v) is 7.14. The van der Waals surface area contributed by atoms with Gasteiger partial charge in [-0.25, -0.2) is 4.98 Å². The first-order chi connectivity index (χ1) is 6.29. The Morgan fingerprint density at radius 3 is 2.92 bits per heavy atom. The van der Waals surface area contributed by atoms with Gasteiger partial charge in [-0.2, -0.15) is 15.0 Å². The molecular weight excluding hydrogens is 170 g/mol. The highest BCUT2D eigenvalue weighted by Gasteiger charge is 2.07. The zero-order chi connectivity index (χ0) is 9.26. The van der Waals surface area contributed by atoms with Crippen LogP contribution < -0.4 is 5.73 Å². The number of aromatic nitrogens is 4. The van der Waals surface area contributed by atoms with Crippen LogP contribution in [0, 0.1) is 0 Å². The first-order valence-corrected chi connectivity index (χ1v) is 3.81. The van der Waals surface area contributed by atoms with Crippen molar-refractivity contribution >= 4 is 0 Å². The molecule has 0 radical (unpaired) electrons. The number of hydrogen-bond acceptors (Lipinski definition) is 5. The molecule has 0 atom stereocenters. The molecule has 2 heterocycles. The monoisotopic (exact) mass is 179 g/mol. The van der Waals surface area contributed by atoms with Gasteiger partial charge in [0.1, 0.15) is 5.69 Å². The second kappa shape index (κ2) is 2.98. The van der Waals surface area contributed by atoms with Crippen molar-refractivity contribution in [1.82, 2.24) is 20.0 Å². The van der Waals surface area contributed by atoms with Crippen molar-refractivity contribution in [1.29, 1.82) is 0 Å². The Morgan fingerprint density at radius 1 is 1.54 bits per heavy atom. The third-order valence-electron chi connectivity index (χ3n) is 1.58. The molecule has 2 aromatic rings. The van der Waals surface area contributed by atoms with E-state index in [2.05, 4.69) is 15.2 Å². The summed E-state index contributed by atoms with van der Waals surface area (Å²) in [5.74, 6) is 1.09. The van der Waals surface area contributed by atoms with E-state index >= 15 is 0 Å². The maximum absolute atomic E-state index is 5.35. The van der Waals surface area contributed by atoms with E-state index in [-0.39, 0.29) is 0 Å². The molecule has 2 rings (SSSR count). The summed E-state index contributed by atoms with van der Waals surface area (Å²) in [6.07, 6.45) is 3.20.